The molecule has 0 aliphatic carbocycles. The molecule has 0 spiro atoms. The van der Waals surface area contributed by atoms with Crippen LogP contribution in [0.4, 0.5) is 5.82 Å². The molecule has 0 radical (unpaired) electrons. The molecule has 0 fully saturated rings. The molecular weight excluding hydrogens is 379 g/mol. The third kappa shape index (κ3) is 6.13. The summed E-state index contributed by atoms with van der Waals surface area (Å²) in [7, 11) is 0. The van der Waals surface area contributed by atoms with Gasteiger partial charge in [-0.15, -0.1) is 0 Å². The van der Waals surface area contributed by atoms with Crippen LogP contribution >= 0.6 is 23.2 Å². The van der Waals surface area contributed by atoms with E-state index < -0.39 is 18.0 Å². The van der Waals surface area contributed by atoms with Gasteiger partial charge in [0.25, 0.3) is 5.91 Å². The number of nitrogens with one attached hydrogen (secondary N) is 1. The van der Waals surface area contributed by atoms with Crippen molar-refractivity contribution in [2.75, 3.05) is 5.32 Å². The van der Waals surface area contributed by atoms with Crippen LogP contribution in [0.15, 0.2) is 42.6 Å². The lowest BCUT2D eigenvalue weighted by atomic mass is 10.1. The standard InChI is InChI=1S/C18H16Cl2N2O4/c1-11(18(25)22-16-8-6-14(20)10-21-16)26-17(24)9-7-15(23)12-2-4-13(19)5-3-12/h2-6,8,10-11H,7,9H2,1H3,(H,21,22,25)/t11-/m1/s1. The number of ether oxygens (including phenoxy) is 1. The second-order valence-electron chi connectivity index (χ2n) is 5.41. The van der Waals surface area contributed by atoms with E-state index in [0.717, 1.165) is 0 Å². The molecule has 0 aliphatic heterocycles. The molecule has 0 aliphatic rings. The number of halogens is 2. The molecule has 1 aromatic heterocycles. The van der Waals surface area contributed by atoms with Crippen molar-refractivity contribution >= 4 is 46.7 Å². The maximum atomic E-state index is 12.0. The highest BCUT2D eigenvalue weighted by molar-refractivity contribution is 6.30. The summed E-state index contributed by atoms with van der Waals surface area (Å²) in [5, 5.41) is 3.47. The number of nitrogens with zero attached hydrogens (tertiary/aromatic N) is 1. The van der Waals surface area contributed by atoms with Crippen molar-refractivity contribution in [3.63, 3.8) is 0 Å². The lowest BCUT2D eigenvalue weighted by Gasteiger charge is -2.13. The first kappa shape index (κ1) is 19.9. The van der Waals surface area contributed by atoms with E-state index in [1.54, 1.807) is 30.3 Å². The van der Waals surface area contributed by atoms with Crippen LogP contribution < -0.4 is 5.32 Å². The third-order valence-corrected chi connectivity index (χ3v) is 3.85. The number of ketones is 1. The molecule has 136 valence electrons. The fourth-order valence-electron chi connectivity index (χ4n) is 1.98. The van der Waals surface area contributed by atoms with E-state index in [9.17, 15) is 14.4 Å². The fourth-order valence-corrected chi connectivity index (χ4v) is 2.22. The Morgan fingerprint density at radius 2 is 1.69 bits per heavy atom. The van der Waals surface area contributed by atoms with Gasteiger partial charge in [0.05, 0.1) is 11.4 Å². The number of aromatic nitrogens is 1. The van der Waals surface area contributed by atoms with Crippen molar-refractivity contribution < 1.29 is 19.1 Å². The van der Waals surface area contributed by atoms with Crippen molar-refractivity contribution in [1.29, 1.82) is 0 Å². The summed E-state index contributed by atoms with van der Waals surface area (Å²) in [5.74, 6) is -1.09. The second-order valence-corrected chi connectivity index (χ2v) is 6.29. The number of hydrogen-bond acceptors (Lipinski definition) is 5. The van der Waals surface area contributed by atoms with Crippen LogP contribution in [0.1, 0.15) is 30.1 Å². The predicted octanol–water partition coefficient (Wildman–Crippen LogP) is 3.92. The molecule has 26 heavy (non-hydrogen) atoms. The van der Waals surface area contributed by atoms with Crippen molar-refractivity contribution in [1.82, 2.24) is 4.98 Å². The zero-order chi connectivity index (χ0) is 19.1. The van der Waals surface area contributed by atoms with Crippen molar-refractivity contribution in [2.45, 2.75) is 25.9 Å². The zero-order valence-corrected chi connectivity index (χ0v) is 15.4. The maximum Gasteiger partial charge on any atom is 0.307 e. The number of anilines is 1. The zero-order valence-electron chi connectivity index (χ0n) is 13.9. The van der Waals surface area contributed by atoms with E-state index in [-0.39, 0.29) is 18.6 Å². The van der Waals surface area contributed by atoms with Crippen LogP contribution in [0.3, 0.4) is 0 Å². The van der Waals surface area contributed by atoms with Crippen LogP contribution in [0.2, 0.25) is 10.0 Å². The summed E-state index contributed by atoms with van der Waals surface area (Å²) < 4.78 is 5.04. The van der Waals surface area contributed by atoms with Gasteiger partial charge in [0, 0.05) is 23.2 Å². The van der Waals surface area contributed by atoms with Crippen LogP contribution in [-0.4, -0.2) is 28.7 Å². The Hall–Kier alpha value is -2.44. The molecule has 1 heterocycles. The van der Waals surface area contributed by atoms with E-state index in [0.29, 0.717) is 21.4 Å². The quantitative estimate of drug-likeness (QED) is 0.567. The SMILES string of the molecule is C[C@@H](OC(=O)CCC(=O)c1ccc(Cl)cc1)C(=O)Nc1ccc(Cl)cn1. The molecule has 1 N–H and O–H groups in total. The summed E-state index contributed by atoms with van der Waals surface area (Å²) in [6.07, 6.45) is 0.216. The number of pyridine rings is 1. The van der Waals surface area contributed by atoms with Crippen LogP contribution in [0, 0.1) is 0 Å². The smallest absolute Gasteiger partial charge is 0.307 e. The summed E-state index contributed by atoms with van der Waals surface area (Å²) >= 11 is 11.5. The second kappa shape index (κ2) is 9.31. The monoisotopic (exact) mass is 394 g/mol. The Morgan fingerprint density at radius 1 is 1.04 bits per heavy atom. The van der Waals surface area contributed by atoms with Crippen LogP contribution in [0.25, 0.3) is 0 Å². The highest BCUT2D eigenvalue weighted by Crippen LogP contribution is 2.13. The maximum absolute atomic E-state index is 12.0. The molecular formula is C18H16Cl2N2O4. The number of esters is 1. The van der Waals surface area contributed by atoms with Gasteiger partial charge in [0.1, 0.15) is 5.82 Å². The van der Waals surface area contributed by atoms with Gasteiger partial charge in [-0.25, -0.2) is 4.98 Å². The molecule has 0 bridgehead atoms. The molecule has 1 atom stereocenters. The predicted molar refractivity (Wildman–Crippen MR) is 98.4 cm³/mol. The van der Waals surface area contributed by atoms with E-state index in [1.165, 1.54) is 19.2 Å². The molecule has 0 saturated carbocycles. The van der Waals surface area contributed by atoms with Gasteiger partial charge in [0.2, 0.25) is 0 Å². The largest absolute Gasteiger partial charge is 0.453 e. The summed E-state index contributed by atoms with van der Waals surface area (Å²) in [5.41, 5.74) is 0.460. The molecule has 0 unspecified atom stereocenters. The van der Waals surface area contributed by atoms with Gasteiger partial charge in [-0.2, -0.15) is 0 Å². The molecule has 2 rings (SSSR count). The van der Waals surface area contributed by atoms with E-state index in [4.69, 9.17) is 27.9 Å². The number of carbonyl (C=O) groups excluding carboxylic acids is 3. The Bertz CT molecular complexity index is 792. The number of hydrogen-bond donors (Lipinski definition) is 1. The van der Waals surface area contributed by atoms with Gasteiger partial charge in [0.15, 0.2) is 11.9 Å². The van der Waals surface area contributed by atoms with Gasteiger partial charge in [-0.05, 0) is 43.3 Å². The number of carbonyl (C=O) groups is 3. The van der Waals surface area contributed by atoms with Gasteiger partial charge >= 0.3 is 5.97 Å². The molecule has 2 aromatic rings. The van der Waals surface area contributed by atoms with Gasteiger partial charge in [-0.1, -0.05) is 23.2 Å². The average Bonchev–Trinajstić information content (AvgIpc) is 2.62. The topological polar surface area (TPSA) is 85.4 Å². The minimum absolute atomic E-state index is 0.0203. The minimum atomic E-state index is -1.02. The molecule has 1 amide bonds. The highest BCUT2D eigenvalue weighted by Gasteiger charge is 2.19. The molecule has 8 heteroatoms. The first-order chi connectivity index (χ1) is 12.3. The Balaban J connectivity index is 1.79. The normalized spacial score (nSPS) is 11.5. The summed E-state index contributed by atoms with van der Waals surface area (Å²) in [6, 6.07) is 9.48. The van der Waals surface area contributed by atoms with Gasteiger partial charge in [-0.3, -0.25) is 14.4 Å². The average molecular weight is 395 g/mol. The molecule has 0 saturated heterocycles. The lowest BCUT2D eigenvalue weighted by Crippen LogP contribution is -2.30. The summed E-state index contributed by atoms with van der Waals surface area (Å²) in [4.78, 5) is 39.7. The van der Waals surface area contributed by atoms with Crippen molar-refractivity contribution in [3.8, 4) is 0 Å². The van der Waals surface area contributed by atoms with Crippen LogP contribution in [0.5, 0.6) is 0 Å². The summed E-state index contributed by atoms with van der Waals surface area (Å²) in [6.45, 7) is 1.43. The highest BCUT2D eigenvalue weighted by atomic mass is 35.5. The molecule has 6 nitrogen and oxygen atoms in total. The van der Waals surface area contributed by atoms with Crippen LogP contribution in [-0.2, 0) is 14.3 Å². The van der Waals surface area contributed by atoms with Crippen molar-refractivity contribution in [3.05, 3.63) is 58.2 Å². The Labute approximate surface area is 160 Å². The number of Topliss-reactive ketones (excluding diaryl/α,β-unsaturated/α-hetero) is 1. The van der Waals surface area contributed by atoms with E-state index in [2.05, 4.69) is 10.3 Å². The van der Waals surface area contributed by atoms with E-state index in [1.807, 2.05) is 0 Å². The van der Waals surface area contributed by atoms with E-state index >= 15 is 0 Å². The van der Waals surface area contributed by atoms with Crippen molar-refractivity contribution in [2.24, 2.45) is 0 Å². The fraction of sp³-hybridized carbons (Fsp3) is 0.222. The number of benzene rings is 1. The minimum Gasteiger partial charge on any atom is -0.453 e. The number of amides is 1. The Morgan fingerprint density at radius 3 is 2.31 bits per heavy atom. The van der Waals surface area contributed by atoms with Gasteiger partial charge < -0.3 is 10.1 Å². The first-order valence-electron chi connectivity index (χ1n) is 7.76. The number of rotatable bonds is 7. The lowest BCUT2D eigenvalue weighted by molar-refractivity contribution is -0.153. The third-order valence-electron chi connectivity index (χ3n) is 3.38. The molecule has 1 aromatic carbocycles. The Kier molecular flexibility index (Phi) is 7.12. The first-order valence-corrected chi connectivity index (χ1v) is 8.51.